The Labute approximate surface area is 133 Å². The fourth-order valence-electron chi connectivity index (χ4n) is 2.76. The summed E-state index contributed by atoms with van der Waals surface area (Å²) >= 11 is 0. The molecule has 4 nitrogen and oxygen atoms in total. The maximum Gasteiger partial charge on any atom is 0.254 e. The van der Waals surface area contributed by atoms with Crippen molar-refractivity contribution < 1.29 is 14.0 Å². The van der Waals surface area contributed by atoms with E-state index in [4.69, 9.17) is 0 Å². The van der Waals surface area contributed by atoms with Crippen molar-refractivity contribution in [3.8, 4) is 0 Å². The molecule has 0 saturated heterocycles. The molecule has 1 atom stereocenters. The van der Waals surface area contributed by atoms with Crippen molar-refractivity contribution >= 4 is 11.8 Å². The van der Waals surface area contributed by atoms with E-state index in [0.29, 0.717) is 17.7 Å². The molecule has 0 bridgehead atoms. The number of hydrogen-bond acceptors (Lipinski definition) is 2. The predicted molar refractivity (Wildman–Crippen MR) is 84.1 cm³/mol. The van der Waals surface area contributed by atoms with Gasteiger partial charge >= 0.3 is 0 Å². The van der Waals surface area contributed by atoms with Crippen molar-refractivity contribution in [2.45, 2.75) is 19.5 Å². The van der Waals surface area contributed by atoms with Crippen LogP contribution in [0.1, 0.15) is 34.5 Å². The first-order chi connectivity index (χ1) is 11.0. The minimum Gasteiger partial charge on any atom is -0.348 e. The molecule has 1 heterocycles. The molecule has 0 aliphatic carbocycles. The summed E-state index contributed by atoms with van der Waals surface area (Å²) in [6.07, 6.45) is 0. The molecule has 1 aliphatic rings. The number of benzene rings is 2. The van der Waals surface area contributed by atoms with Gasteiger partial charge in [-0.1, -0.05) is 30.3 Å². The van der Waals surface area contributed by atoms with Crippen LogP contribution in [0, 0.1) is 5.82 Å². The molecule has 1 N–H and O–H groups in total. The van der Waals surface area contributed by atoms with Crippen molar-refractivity contribution in [3.63, 3.8) is 0 Å². The molecule has 2 amide bonds. The van der Waals surface area contributed by atoms with Crippen molar-refractivity contribution in [2.75, 3.05) is 6.54 Å². The zero-order chi connectivity index (χ0) is 16.4. The van der Waals surface area contributed by atoms with Crippen LogP contribution in [-0.2, 0) is 11.3 Å². The van der Waals surface area contributed by atoms with Crippen LogP contribution in [0.4, 0.5) is 4.39 Å². The number of nitrogens with zero attached hydrogens (tertiary/aromatic N) is 1. The molecule has 0 spiro atoms. The van der Waals surface area contributed by atoms with Gasteiger partial charge in [0.05, 0.1) is 6.04 Å². The van der Waals surface area contributed by atoms with Gasteiger partial charge in [0, 0.05) is 12.1 Å². The van der Waals surface area contributed by atoms with Crippen LogP contribution in [0.3, 0.4) is 0 Å². The monoisotopic (exact) mass is 312 g/mol. The summed E-state index contributed by atoms with van der Waals surface area (Å²) in [7, 11) is 0. The second kappa shape index (κ2) is 6.20. The van der Waals surface area contributed by atoms with Crippen LogP contribution in [0.2, 0.25) is 0 Å². The van der Waals surface area contributed by atoms with Gasteiger partial charge in [-0.25, -0.2) is 4.39 Å². The van der Waals surface area contributed by atoms with E-state index in [1.165, 1.54) is 17.0 Å². The highest BCUT2D eigenvalue weighted by Crippen LogP contribution is 2.22. The number of rotatable bonds is 4. The van der Waals surface area contributed by atoms with Gasteiger partial charge in [0.2, 0.25) is 5.91 Å². The maximum absolute atomic E-state index is 13.2. The lowest BCUT2D eigenvalue weighted by Gasteiger charge is -2.18. The molecular formula is C18H17FN2O2. The first-order valence-corrected chi connectivity index (χ1v) is 7.46. The molecule has 118 valence electrons. The second-order valence-electron chi connectivity index (χ2n) is 5.66. The minimum absolute atomic E-state index is 0.00678. The molecule has 3 rings (SSSR count). The molecule has 0 saturated carbocycles. The maximum atomic E-state index is 13.2. The van der Waals surface area contributed by atoms with Crippen LogP contribution in [0.25, 0.3) is 0 Å². The lowest BCUT2D eigenvalue weighted by atomic mass is 10.1. The molecule has 5 heteroatoms. The third-order valence-corrected chi connectivity index (χ3v) is 3.96. The minimum atomic E-state index is -0.339. The van der Waals surface area contributed by atoms with Gasteiger partial charge < -0.3 is 10.2 Å². The molecule has 1 aliphatic heterocycles. The topological polar surface area (TPSA) is 49.4 Å². The van der Waals surface area contributed by atoms with E-state index in [1.807, 2.05) is 18.2 Å². The second-order valence-corrected chi connectivity index (χ2v) is 5.66. The summed E-state index contributed by atoms with van der Waals surface area (Å²) < 4.78 is 13.2. The number of hydrogen-bond donors (Lipinski definition) is 1. The Morgan fingerprint density at radius 3 is 2.78 bits per heavy atom. The number of carbonyl (C=O) groups is 2. The summed E-state index contributed by atoms with van der Waals surface area (Å²) in [5, 5.41) is 2.80. The van der Waals surface area contributed by atoms with Crippen LogP contribution in [0.5, 0.6) is 0 Å². The fourth-order valence-corrected chi connectivity index (χ4v) is 2.76. The van der Waals surface area contributed by atoms with Crippen molar-refractivity contribution in [2.24, 2.45) is 0 Å². The largest absolute Gasteiger partial charge is 0.348 e. The number of nitrogens with one attached hydrogen (secondary N) is 1. The Kier molecular flexibility index (Phi) is 4.10. The summed E-state index contributed by atoms with van der Waals surface area (Å²) in [6, 6.07) is 13.1. The zero-order valence-electron chi connectivity index (χ0n) is 12.8. The van der Waals surface area contributed by atoms with Gasteiger partial charge in [0.25, 0.3) is 5.91 Å². The van der Waals surface area contributed by atoms with Gasteiger partial charge in [-0.15, -0.1) is 0 Å². The smallest absolute Gasteiger partial charge is 0.254 e. The summed E-state index contributed by atoms with van der Waals surface area (Å²) in [6.45, 7) is 2.22. The molecule has 2 aromatic rings. The normalized spacial score (nSPS) is 14.5. The van der Waals surface area contributed by atoms with Gasteiger partial charge in [-0.05, 0) is 36.2 Å². The molecular weight excluding hydrogens is 295 g/mol. The van der Waals surface area contributed by atoms with Crippen LogP contribution < -0.4 is 5.32 Å². The Morgan fingerprint density at radius 1 is 1.26 bits per heavy atom. The van der Waals surface area contributed by atoms with E-state index in [1.54, 1.807) is 25.1 Å². The summed E-state index contributed by atoms with van der Waals surface area (Å²) in [4.78, 5) is 25.9. The van der Waals surface area contributed by atoms with Crippen LogP contribution in [0.15, 0.2) is 48.5 Å². The highest BCUT2D eigenvalue weighted by molar-refractivity contribution is 6.00. The SMILES string of the molecule is C[C@H](NC(=O)CN1Cc2ccccc2C1=O)c1cccc(F)c1. The average Bonchev–Trinajstić information content (AvgIpc) is 2.84. The Bertz CT molecular complexity index is 760. The van der Waals surface area contributed by atoms with E-state index in [2.05, 4.69) is 5.32 Å². The average molecular weight is 312 g/mol. The predicted octanol–water partition coefficient (Wildman–Crippen LogP) is 2.66. The Hall–Kier alpha value is -2.69. The standard InChI is InChI=1S/C18H17FN2O2/c1-12(13-6-4-7-15(19)9-13)20-17(22)11-21-10-14-5-2-3-8-16(14)18(21)23/h2-9,12H,10-11H2,1H3,(H,20,22)/t12-/m0/s1. The van der Waals surface area contributed by atoms with Gasteiger partial charge in [-0.3, -0.25) is 9.59 Å². The van der Waals surface area contributed by atoms with E-state index in [0.717, 1.165) is 5.56 Å². The highest BCUT2D eigenvalue weighted by Gasteiger charge is 2.28. The first-order valence-electron chi connectivity index (χ1n) is 7.46. The Balaban J connectivity index is 1.61. The van der Waals surface area contributed by atoms with Crippen LogP contribution in [-0.4, -0.2) is 23.3 Å². The molecule has 2 aromatic carbocycles. The number of halogens is 1. The Morgan fingerprint density at radius 2 is 2.04 bits per heavy atom. The number of fused-ring (bicyclic) bond motifs is 1. The molecule has 0 unspecified atom stereocenters. The highest BCUT2D eigenvalue weighted by atomic mass is 19.1. The molecule has 0 radical (unpaired) electrons. The van der Waals surface area contributed by atoms with Gasteiger partial charge in [0.1, 0.15) is 12.4 Å². The van der Waals surface area contributed by atoms with E-state index < -0.39 is 0 Å². The van der Waals surface area contributed by atoms with E-state index in [9.17, 15) is 14.0 Å². The number of amides is 2. The van der Waals surface area contributed by atoms with Crippen molar-refractivity contribution in [1.29, 1.82) is 0 Å². The van der Waals surface area contributed by atoms with Crippen LogP contribution >= 0.6 is 0 Å². The third kappa shape index (κ3) is 3.23. The lowest BCUT2D eigenvalue weighted by Crippen LogP contribution is -2.38. The molecule has 0 fully saturated rings. The number of carbonyl (C=O) groups excluding carboxylic acids is 2. The fraction of sp³-hybridized carbons (Fsp3) is 0.222. The summed E-state index contributed by atoms with van der Waals surface area (Å²) in [5.74, 6) is -0.731. The van der Waals surface area contributed by atoms with Crippen molar-refractivity contribution in [1.82, 2.24) is 10.2 Å². The zero-order valence-corrected chi connectivity index (χ0v) is 12.8. The van der Waals surface area contributed by atoms with Gasteiger partial charge in [0.15, 0.2) is 0 Å². The van der Waals surface area contributed by atoms with Gasteiger partial charge in [-0.2, -0.15) is 0 Å². The first kappa shape index (κ1) is 15.2. The van der Waals surface area contributed by atoms with Crippen molar-refractivity contribution in [3.05, 3.63) is 71.0 Å². The summed E-state index contributed by atoms with van der Waals surface area (Å²) in [5.41, 5.74) is 2.27. The van der Waals surface area contributed by atoms with E-state index >= 15 is 0 Å². The van der Waals surface area contributed by atoms with E-state index in [-0.39, 0.29) is 30.2 Å². The third-order valence-electron chi connectivity index (χ3n) is 3.96. The quantitative estimate of drug-likeness (QED) is 0.943. The molecule has 23 heavy (non-hydrogen) atoms. The lowest BCUT2D eigenvalue weighted by molar-refractivity contribution is -0.122. The molecule has 0 aromatic heterocycles.